The number of nitrogens with zero attached hydrogens (tertiary/aromatic N) is 4. The Morgan fingerprint density at radius 3 is 2.84 bits per heavy atom. The first-order chi connectivity index (χ1) is 12.3. The maximum Gasteiger partial charge on any atom is 0.277 e. The van der Waals surface area contributed by atoms with Crippen molar-refractivity contribution < 1.29 is 4.79 Å². The molecule has 0 bridgehead atoms. The number of para-hydroxylation sites is 1. The van der Waals surface area contributed by atoms with Gasteiger partial charge in [0.2, 0.25) is 0 Å². The Morgan fingerprint density at radius 2 is 1.96 bits per heavy atom. The van der Waals surface area contributed by atoms with Crippen LogP contribution in [0, 0.1) is 0 Å². The van der Waals surface area contributed by atoms with Gasteiger partial charge in [0.25, 0.3) is 5.91 Å². The number of amides is 1. The number of rotatable bonds is 4. The molecule has 124 valence electrons. The molecular formula is C19H17N5O. The summed E-state index contributed by atoms with van der Waals surface area (Å²) in [5.74, 6) is 0.530. The average molecular weight is 331 g/mol. The lowest BCUT2D eigenvalue weighted by molar-refractivity contribution is 0.0984. The molecule has 25 heavy (non-hydrogen) atoms. The van der Waals surface area contributed by atoms with Gasteiger partial charge in [-0.1, -0.05) is 18.2 Å². The molecule has 1 aliphatic heterocycles. The van der Waals surface area contributed by atoms with Crippen molar-refractivity contribution in [2.75, 3.05) is 16.8 Å². The molecule has 0 saturated heterocycles. The summed E-state index contributed by atoms with van der Waals surface area (Å²) in [4.78, 5) is 27.0. The Hall–Kier alpha value is -3.28. The Labute approximate surface area is 145 Å². The molecule has 0 unspecified atom stereocenters. The molecule has 1 aromatic carbocycles. The Bertz CT molecular complexity index is 897. The normalized spacial score (nSPS) is 12.7. The lowest BCUT2D eigenvalue weighted by Crippen LogP contribution is -2.29. The summed E-state index contributed by atoms with van der Waals surface area (Å²) in [7, 11) is 0. The molecule has 1 N–H and O–H groups in total. The van der Waals surface area contributed by atoms with Gasteiger partial charge in [-0.2, -0.15) is 0 Å². The van der Waals surface area contributed by atoms with E-state index in [1.54, 1.807) is 23.4 Å². The predicted octanol–water partition coefficient (Wildman–Crippen LogP) is 2.69. The zero-order valence-electron chi connectivity index (χ0n) is 13.6. The van der Waals surface area contributed by atoms with Crippen molar-refractivity contribution >= 4 is 17.4 Å². The van der Waals surface area contributed by atoms with E-state index < -0.39 is 0 Å². The quantitative estimate of drug-likeness (QED) is 0.796. The first-order valence-electron chi connectivity index (χ1n) is 8.16. The van der Waals surface area contributed by atoms with E-state index in [-0.39, 0.29) is 5.91 Å². The van der Waals surface area contributed by atoms with Crippen LogP contribution < -0.4 is 10.2 Å². The Balaban J connectivity index is 1.51. The van der Waals surface area contributed by atoms with Crippen LogP contribution in [0.3, 0.4) is 0 Å². The van der Waals surface area contributed by atoms with E-state index in [1.807, 2.05) is 30.3 Å². The third-order valence-electron chi connectivity index (χ3n) is 4.24. The first-order valence-corrected chi connectivity index (χ1v) is 8.16. The van der Waals surface area contributed by atoms with Gasteiger partial charge in [-0.15, -0.1) is 0 Å². The third kappa shape index (κ3) is 3.19. The molecule has 1 aliphatic rings. The second-order valence-electron chi connectivity index (χ2n) is 5.83. The SMILES string of the molecule is O=C(c1cc(NCc2ccncc2)ncn1)N1CCc2ccccc21. The molecule has 6 nitrogen and oxygen atoms in total. The van der Waals surface area contributed by atoms with E-state index in [0.717, 1.165) is 17.7 Å². The second kappa shape index (κ2) is 6.68. The minimum Gasteiger partial charge on any atom is -0.366 e. The lowest BCUT2D eigenvalue weighted by atomic mass is 10.2. The summed E-state index contributed by atoms with van der Waals surface area (Å²) in [5.41, 5.74) is 3.65. The summed E-state index contributed by atoms with van der Waals surface area (Å²) in [6, 6.07) is 13.5. The Morgan fingerprint density at radius 1 is 1.12 bits per heavy atom. The van der Waals surface area contributed by atoms with Gasteiger partial charge in [0.15, 0.2) is 0 Å². The number of pyridine rings is 1. The van der Waals surface area contributed by atoms with Crippen molar-refractivity contribution in [3.63, 3.8) is 0 Å². The number of fused-ring (bicyclic) bond motifs is 1. The molecule has 0 aliphatic carbocycles. The van der Waals surface area contributed by atoms with Crippen molar-refractivity contribution in [1.29, 1.82) is 0 Å². The van der Waals surface area contributed by atoms with Crippen molar-refractivity contribution in [2.45, 2.75) is 13.0 Å². The van der Waals surface area contributed by atoms with Crippen LogP contribution in [-0.4, -0.2) is 27.4 Å². The van der Waals surface area contributed by atoms with E-state index in [0.29, 0.717) is 24.6 Å². The summed E-state index contributed by atoms with van der Waals surface area (Å²) in [5, 5.41) is 3.22. The molecule has 0 spiro atoms. The number of hydrogen-bond acceptors (Lipinski definition) is 5. The number of aromatic nitrogens is 3. The van der Waals surface area contributed by atoms with Crippen LogP contribution in [0.15, 0.2) is 61.2 Å². The number of benzene rings is 1. The Kier molecular flexibility index (Phi) is 4.08. The number of hydrogen-bond donors (Lipinski definition) is 1. The first kappa shape index (κ1) is 15.3. The van der Waals surface area contributed by atoms with Gasteiger partial charge in [-0.3, -0.25) is 9.78 Å². The van der Waals surface area contributed by atoms with Crippen LogP contribution in [0.1, 0.15) is 21.6 Å². The van der Waals surface area contributed by atoms with Crippen LogP contribution in [0.2, 0.25) is 0 Å². The summed E-state index contributed by atoms with van der Waals surface area (Å²) in [6.45, 7) is 1.29. The molecule has 1 amide bonds. The second-order valence-corrected chi connectivity index (χ2v) is 5.83. The van der Waals surface area contributed by atoms with Crippen LogP contribution in [-0.2, 0) is 13.0 Å². The largest absolute Gasteiger partial charge is 0.366 e. The van der Waals surface area contributed by atoms with Gasteiger partial charge in [0.1, 0.15) is 17.8 Å². The molecule has 3 heterocycles. The van der Waals surface area contributed by atoms with E-state index in [1.165, 1.54) is 11.9 Å². The maximum atomic E-state index is 12.8. The van der Waals surface area contributed by atoms with Crippen LogP contribution >= 0.6 is 0 Å². The average Bonchev–Trinajstić information content (AvgIpc) is 3.11. The highest BCUT2D eigenvalue weighted by molar-refractivity contribution is 6.06. The predicted molar refractivity (Wildman–Crippen MR) is 95.4 cm³/mol. The van der Waals surface area contributed by atoms with Gasteiger partial charge >= 0.3 is 0 Å². The number of anilines is 2. The van der Waals surface area contributed by atoms with Crippen molar-refractivity contribution in [1.82, 2.24) is 15.0 Å². The van der Waals surface area contributed by atoms with E-state index in [9.17, 15) is 4.79 Å². The minimum atomic E-state index is -0.0979. The molecule has 0 saturated carbocycles. The fourth-order valence-electron chi connectivity index (χ4n) is 2.95. The molecule has 4 rings (SSSR count). The van der Waals surface area contributed by atoms with Gasteiger partial charge < -0.3 is 10.2 Å². The fraction of sp³-hybridized carbons (Fsp3) is 0.158. The van der Waals surface area contributed by atoms with Crippen LogP contribution in [0.4, 0.5) is 11.5 Å². The van der Waals surface area contributed by atoms with Gasteiger partial charge in [0, 0.05) is 37.2 Å². The van der Waals surface area contributed by atoms with Gasteiger partial charge in [-0.25, -0.2) is 9.97 Å². The maximum absolute atomic E-state index is 12.8. The van der Waals surface area contributed by atoms with E-state index in [4.69, 9.17) is 0 Å². The smallest absolute Gasteiger partial charge is 0.277 e. The highest BCUT2D eigenvalue weighted by Crippen LogP contribution is 2.28. The van der Waals surface area contributed by atoms with Crippen LogP contribution in [0.5, 0.6) is 0 Å². The minimum absolute atomic E-state index is 0.0979. The van der Waals surface area contributed by atoms with Crippen LogP contribution in [0.25, 0.3) is 0 Å². The lowest BCUT2D eigenvalue weighted by Gasteiger charge is -2.17. The van der Waals surface area contributed by atoms with E-state index >= 15 is 0 Å². The highest BCUT2D eigenvalue weighted by atomic mass is 16.2. The van der Waals surface area contributed by atoms with Crippen molar-refractivity contribution in [2.24, 2.45) is 0 Å². The molecule has 0 radical (unpaired) electrons. The van der Waals surface area contributed by atoms with E-state index in [2.05, 4.69) is 26.3 Å². The highest BCUT2D eigenvalue weighted by Gasteiger charge is 2.26. The molecule has 0 fully saturated rings. The van der Waals surface area contributed by atoms with Gasteiger partial charge in [0.05, 0.1) is 0 Å². The molecular weight excluding hydrogens is 314 g/mol. The number of nitrogens with one attached hydrogen (secondary N) is 1. The molecule has 2 aromatic heterocycles. The summed E-state index contributed by atoms with van der Waals surface area (Å²) >= 11 is 0. The fourth-order valence-corrected chi connectivity index (χ4v) is 2.95. The zero-order chi connectivity index (χ0) is 17.1. The monoisotopic (exact) mass is 331 g/mol. The number of carbonyl (C=O) groups excluding carboxylic acids is 1. The molecule has 0 atom stereocenters. The number of carbonyl (C=O) groups is 1. The summed E-state index contributed by atoms with van der Waals surface area (Å²) < 4.78 is 0. The molecule has 6 heteroatoms. The topological polar surface area (TPSA) is 71.0 Å². The van der Waals surface area contributed by atoms with Crippen molar-refractivity contribution in [3.05, 3.63) is 78.0 Å². The van der Waals surface area contributed by atoms with Crippen molar-refractivity contribution in [3.8, 4) is 0 Å². The third-order valence-corrected chi connectivity index (χ3v) is 4.24. The van der Waals surface area contributed by atoms with Gasteiger partial charge in [-0.05, 0) is 35.7 Å². The summed E-state index contributed by atoms with van der Waals surface area (Å²) in [6.07, 6.45) is 5.79. The standard InChI is InChI=1S/C19H17N5O/c25-19(24-10-7-15-3-1-2-4-17(15)24)16-11-18(23-13-22-16)21-12-14-5-8-20-9-6-14/h1-6,8-9,11,13H,7,10,12H2,(H,21,22,23). The molecule has 3 aromatic rings. The zero-order valence-corrected chi connectivity index (χ0v) is 13.6.